The van der Waals surface area contributed by atoms with E-state index < -0.39 is 6.23 Å². The van der Waals surface area contributed by atoms with E-state index in [1.165, 1.54) is 34.1 Å². The Bertz CT molecular complexity index is 1210. The van der Waals surface area contributed by atoms with Crippen LogP contribution in [0.15, 0.2) is 48.6 Å². The molecule has 0 aromatic heterocycles. The highest BCUT2D eigenvalue weighted by molar-refractivity contribution is 6.28. The number of hydrogen-bond acceptors (Lipinski definition) is 4. The first-order chi connectivity index (χ1) is 15.7. The Kier molecular flexibility index (Phi) is 6.04. The fraction of sp³-hybridized carbons (Fsp3) is 0.296. The minimum atomic E-state index is -0.944. The average Bonchev–Trinajstić information content (AvgIpc) is 3.28. The van der Waals surface area contributed by atoms with Crippen molar-refractivity contribution >= 4 is 29.1 Å². The molecule has 0 radical (unpaired) electrons. The van der Waals surface area contributed by atoms with Gasteiger partial charge in [0, 0.05) is 18.2 Å². The summed E-state index contributed by atoms with van der Waals surface area (Å²) in [5.41, 5.74) is 7.42. The molecule has 0 bridgehead atoms. The summed E-state index contributed by atoms with van der Waals surface area (Å²) in [7, 11) is 0. The van der Waals surface area contributed by atoms with E-state index >= 15 is 0 Å². The lowest BCUT2D eigenvalue weighted by Gasteiger charge is -2.26. The van der Waals surface area contributed by atoms with E-state index in [9.17, 15) is 19.5 Å². The summed E-state index contributed by atoms with van der Waals surface area (Å²) in [4.78, 5) is 39.5. The van der Waals surface area contributed by atoms with Gasteiger partial charge in [-0.25, -0.2) is 4.90 Å². The molecule has 170 valence electrons. The van der Waals surface area contributed by atoms with E-state index in [2.05, 4.69) is 18.2 Å². The van der Waals surface area contributed by atoms with Crippen molar-refractivity contribution in [3.05, 3.63) is 82.0 Å². The van der Waals surface area contributed by atoms with E-state index in [0.717, 1.165) is 45.5 Å². The molecule has 1 N–H and O–H groups in total. The van der Waals surface area contributed by atoms with Gasteiger partial charge in [-0.2, -0.15) is 0 Å². The average molecular weight is 445 g/mol. The summed E-state index contributed by atoms with van der Waals surface area (Å²) in [6.07, 6.45) is 6.67. The van der Waals surface area contributed by atoms with Crippen LogP contribution in [0.5, 0.6) is 0 Å². The number of anilines is 2. The fourth-order valence-corrected chi connectivity index (χ4v) is 4.84. The highest BCUT2D eigenvalue weighted by Gasteiger charge is 2.30. The smallest absolute Gasteiger partial charge is 0.258 e. The Balaban J connectivity index is 1.69. The zero-order valence-corrected chi connectivity index (χ0v) is 19.4. The molecule has 0 saturated heterocycles. The Morgan fingerprint density at radius 2 is 1.27 bits per heavy atom. The van der Waals surface area contributed by atoms with Crippen LogP contribution in [0.1, 0.15) is 47.2 Å². The third kappa shape index (κ3) is 4.02. The van der Waals surface area contributed by atoms with Gasteiger partial charge in [0.15, 0.2) is 6.23 Å². The maximum absolute atomic E-state index is 12.3. The molecule has 0 aliphatic carbocycles. The lowest BCUT2D eigenvalue weighted by molar-refractivity contribution is -0.120. The van der Waals surface area contributed by atoms with Crippen molar-refractivity contribution in [3.63, 3.8) is 0 Å². The zero-order valence-electron chi connectivity index (χ0n) is 19.4. The topological polar surface area (TPSA) is 77.9 Å². The van der Waals surface area contributed by atoms with Crippen LogP contribution in [-0.2, 0) is 33.6 Å². The van der Waals surface area contributed by atoms with Crippen LogP contribution >= 0.6 is 0 Å². The number of carbonyl (C=O) groups is 3. The molecule has 1 atom stereocenters. The molecular weight excluding hydrogens is 416 g/mol. The second-order valence-electron chi connectivity index (χ2n) is 8.55. The van der Waals surface area contributed by atoms with E-state index in [1.54, 1.807) is 0 Å². The Labute approximate surface area is 193 Å². The third-order valence-corrected chi connectivity index (χ3v) is 6.24. The van der Waals surface area contributed by atoms with Gasteiger partial charge in [0.05, 0.1) is 11.4 Å². The molecule has 6 nitrogen and oxygen atoms in total. The van der Waals surface area contributed by atoms with E-state index in [1.807, 2.05) is 33.8 Å². The highest BCUT2D eigenvalue weighted by atomic mass is 16.3. The number of aliphatic hydroxyl groups is 1. The number of aliphatic hydroxyl groups excluding tert-OH is 1. The molecule has 2 aromatic rings. The molecule has 4 rings (SSSR count). The molecule has 33 heavy (non-hydrogen) atoms. The van der Waals surface area contributed by atoms with Crippen molar-refractivity contribution in [2.45, 2.75) is 53.2 Å². The molecule has 0 saturated carbocycles. The predicted octanol–water partition coefficient (Wildman–Crippen LogP) is 3.67. The molecule has 0 fully saturated rings. The highest BCUT2D eigenvalue weighted by Crippen LogP contribution is 2.34. The number of rotatable bonds is 6. The van der Waals surface area contributed by atoms with Gasteiger partial charge in [-0.1, -0.05) is 38.1 Å². The number of amides is 3. The van der Waals surface area contributed by atoms with E-state index in [-0.39, 0.29) is 17.7 Å². The predicted molar refractivity (Wildman–Crippen MR) is 128 cm³/mol. The Morgan fingerprint density at radius 1 is 0.758 bits per heavy atom. The molecule has 3 amide bonds. The van der Waals surface area contributed by atoms with Gasteiger partial charge in [0.2, 0.25) is 0 Å². The number of benzene rings is 2. The molecule has 2 aliphatic heterocycles. The summed E-state index contributed by atoms with van der Waals surface area (Å²) in [6, 6.07) is 8.24. The Morgan fingerprint density at radius 3 is 1.76 bits per heavy atom. The SMILES string of the molecule is CCc1cc(Cc2cc(C)c(N3C(=O)C=CC3O)c(CC)c2)cc(C)c1N1C(=O)C=CC1=O. The quantitative estimate of drug-likeness (QED) is 0.690. The van der Waals surface area contributed by atoms with Crippen molar-refractivity contribution in [3.8, 4) is 0 Å². The van der Waals surface area contributed by atoms with Crippen LogP contribution in [0.3, 0.4) is 0 Å². The Hall–Kier alpha value is -3.51. The number of hydrogen-bond donors (Lipinski definition) is 1. The van der Waals surface area contributed by atoms with Crippen molar-refractivity contribution in [2.75, 3.05) is 9.80 Å². The van der Waals surface area contributed by atoms with Crippen molar-refractivity contribution in [1.29, 1.82) is 0 Å². The van der Waals surface area contributed by atoms with Gasteiger partial charge < -0.3 is 5.11 Å². The van der Waals surface area contributed by atoms with Crippen molar-refractivity contribution in [1.82, 2.24) is 0 Å². The summed E-state index contributed by atoms with van der Waals surface area (Å²) < 4.78 is 0. The maximum atomic E-state index is 12.3. The molecule has 2 heterocycles. The standard InChI is InChI=1S/C27H28N2O4/c1-5-20-14-18(11-16(3)26(20)28-22(30)7-8-23(28)31)13-19-12-17(4)27(21(6-2)15-19)29-24(32)9-10-25(29)33/h7-12,14-15,22,30H,5-6,13H2,1-4H3. The number of carbonyl (C=O) groups excluding carboxylic acids is 3. The van der Waals surface area contributed by atoms with E-state index in [4.69, 9.17) is 0 Å². The van der Waals surface area contributed by atoms with Gasteiger partial charge in [0.25, 0.3) is 17.7 Å². The first-order valence-electron chi connectivity index (χ1n) is 11.3. The van der Waals surface area contributed by atoms with Crippen molar-refractivity contribution in [2.24, 2.45) is 0 Å². The van der Waals surface area contributed by atoms with Gasteiger partial charge >= 0.3 is 0 Å². The van der Waals surface area contributed by atoms with Gasteiger partial charge in [-0.3, -0.25) is 19.3 Å². The van der Waals surface area contributed by atoms with Crippen LogP contribution in [0, 0.1) is 13.8 Å². The van der Waals surface area contributed by atoms with Crippen LogP contribution in [0.25, 0.3) is 0 Å². The molecule has 0 spiro atoms. The second-order valence-corrected chi connectivity index (χ2v) is 8.55. The lowest BCUT2D eigenvalue weighted by atomic mass is 9.93. The maximum Gasteiger partial charge on any atom is 0.258 e. The van der Waals surface area contributed by atoms with Gasteiger partial charge in [0.1, 0.15) is 0 Å². The van der Waals surface area contributed by atoms with Crippen LogP contribution in [0.2, 0.25) is 0 Å². The summed E-state index contributed by atoms with van der Waals surface area (Å²) in [6.45, 7) is 7.94. The minimum Gasteiger partial charge on any atom is -0.369 e. The van der Waals surface area contributed by atoms with Crippen LogP contribution < -0.4 is 9.80 Å². The monoisotopic (exact) mass is 444 g/mol. The van der Waals surface area contributed by atoms with E-state index in [0.29, 0.717) is 18.5 Å². The zero-order chi connectivity index (χ0) is 23.9. The number of aryl methyl sites for hydroxylation is 4. The third-order valence-electron chi connectivity index (χ3n) is 6.24. The van der Waals surface area contributed by atoms with Gasteiger partial charge in [-0.15, -0.1) is 0 Å². The largest absolute Gasteiger partial charge is 0.369 e. The second kappa shape index (κ2) is 8.79. The lowest BCUT2D eigenvalue weighted by Crippen LogP contribution is -2.35. The van der Waals surface area contributed by atoms with Gasteiger partial charge in [-0.05, 0) is 72.6 Å². The summed E-state index contributed by atoms with van der Waals surface area (Å²) in [5.74, 6) is -0.831. The van der Waals surface area contributed by atoms with Crippen molar-refractivity contribution < 1.29 is 19.5 Å². The number of nitrogens with zero attached hydrogens (tertiary/aromatic N) is 2. The number of imide groups is 1. The molecule has 1 unspecified atom stereocenters. The first-order valence-corrected chi connectivity index (χ1v) is 11.3. The summed E-state index contributed by atoms with van der Waals surface area (Å²) in [5, 5.41) is 10.3. The minimum absolute atomic E-state index is 0.215. The van der Waals surface area contributed by atoms with Crippen LogP contribution in [-0.4, -0.2) is 29.1 Å². The molecule has 2 aromatic carbocycles. The summed E-state index contributed by atoms with van der Waals surface area (Å²) >= 11 is 0. The first kappa shape index (κ1) is 22.7. The molecule has 6 heteroatoms. The normalized spacial score (nSPS) is 17.7. The fourth-order valence-electron chi connectivity index (χ4n) is 4.84. The molecular formula is C27H28N2O4. The molecule has 2 aliphatic rings. The van der Waals surface area contributed by atoms with Crippen LogP contribution in [0.4, 0.5) is 11.4 Å².